The van der Waals surface area contributed by atoms with Crippen molar-refractivity contribution in [1.82, 2.24) is 4.31 Å². The summed E-state index contributed by atoms with van der Waals surface area (Å²) >= 11 is 0. The zero-order chi connectivity index (χ0) is 26.7. The zero-order valence-corrected chi connectivity index (χ0v) is 22.8. The smallest absolute Gasteiger partial charge is 0.255 e. The predicted octanol–water partition coefficient (Wildman–Crippen LogP) is 4.77. The number of anilines is 2. The lowest BCUT2D eigenvalue weighted by Crippen LogP contribution is -2.42. The van der Waals surface area contributed by atoms with E-state index in [1.807, 2.05) is 13.8 Å². The topological polar surface area (TPSA) is 96.0 Å². The van der Waals surface area contributed by atoms with E-state index in [0.29, 0.717) is 48.2 Å². The van der Waals surface area contributed by atoms with E-state index in [-0.39, 0.29) is 23.3 Å². The number of carbonyl (C=O) groups is 2. The molecule has 0 saturated carbocycles. The maximum Gasteiger partial charge on any atom is 0.255 e. The maximum atomic E-state index is 13.3. The van der Waals surface area contributed by atoms with Crippen LogP contribution in [0.3, 0.4) is 0 Å². The number of rotatable bonds is 9. The van der Waals surface area contributed by atoms with E-state index in [9.17, 15) is 18.0 Å². The SMILES string of the molecule is CCN(CC)S(=O)(=O)c1ccc(C(=O)Nc2ccc3c(c2)N(CCC(C)C)C(=O)C(C)(C)CO3)cc1. The Morgan fingerprint density at radius 1 is 1.11 bits per heavy atom. The summed E-state index contributed by atoms with van der Waals surface area (Å²) in [7, 11) is -3.60. The van der Waals surface area contributed by atoms with E-state index in [0.717, 1.165) is 6.42 Å². The highest BCUT2D eigenvalue weighted by atomic mass is 32.2. The summed E-state index contributed by atoms with van der Waals surface area (Å²) in [5, 5.41) is 2.86. The van der Waals surface area contributed by atoms with Crippen LogP contribution in [0.25, 0.3) is 0 Å². The van der Waals surface area contributed by atoms with Gasteiger partial charge in [-0.3, -0.25) is 9.59 Å². The van der Waals surface area contributed by atoms with Crippen molar-refractivity contribution in [2.24, 2.45) is 11.3 Å². The van der Waals surface area contributed by atoms with Gasteiger partial charge >= 0.3 is 0 Å². The molecule has 2 aromatic carbocycles. The van der Waals surface area contributed by atoms with Crippen LogP contribution in [0.4, 0.5) is 11.4 Å². The molecule has 0 atom stereocenters. The number of sulfonamides is 1. The lowest BCUT2D eigenvalue weighted by atomic mass is 9.92. The first-order valence-electron chi connectivity index (χ1n) is 12.4. The molecule has 0 fully saturated rings. The second-order valence-corrected chi connectivity index (χ2v) is 12.0. The number of fused-ring (bicyclic) bond motifs is 1. The summed E-state index contributed by atoms with van der Waals surface area (Å²) in [5.74, 6) is 0.624. The van der Waals surface area contributed by atoms with Crippen LogP contribution in [0.1, 0.15) is 58.3 Å². The molecule has 0 radical (unpaired) electrons. The van der Waals surface area contributed by atoms with Crippen LogP contribution in [-0.4, -0.2) is 50.8 Å². The minimum absolute atomic E-state index is 0.0182. The third-order valence-electron chi connectivity index (χ3n) is 6.31. The molecule has 0 saturated heterocycles. The standard InChI is InChI=1S/C27H37N3O5S/c1-7-29(8-2)36(33,34)22-12-9-20(10-13-22)25(31)28-21-11-14-24-23(17-21)30(16-15-19(3)4)26(32)27(5,6)18-35-24/h9-14,17,19H,7-8,15-16,18H2,1-6H3,(H,28,31). The Kier molecular flexibility index (Phi) is 8.46. The Labute approximate surface area is 214 Å². The van der Waals surface area contributed by atoms with E-state index in [1.54, 1.807) is 36.9 Å². The van der Waals surface area contributed by atoms with Crippen molar-refractivity contribution in [3.05, 3.63) is 48.0 Å². The van der Waals surface area contributed by atoms with Gasteiger partial charge in [-0.25, -0.2) is 8.42 Å². The van der Waals surface area contributed by atoms with Crippen LogP contribution in [0.15, 0.2) is 47.4 Å². The molecule has 1 N–H and O–H groups in total. The third-order valence-corrected chi connectivity index (χ3v) is 8.37. The van der Waals surface area contributed by atoms with Crippen molar-refractivity contribution in [3.8, 4) is 5.75 Å². The van der Waals surface area contributed by atoms with E-state index >= 15 is 0 Å². The van der Waals surface area contributed by atoms with Gasteiger partial charge in [-0.1, -0.05) is 27.7 Å². The maximum absolute atomic E-state index is 13.3. The average molecular weight is 516 g/mol. The Hall–Kier alpha value is -2.91. The van der Waals surface area contributed by atoms with E-state index in [4.69, 9.17) is 4.74 Å². The van der Waals surface area contributed by atoms with Gasteiger partial charge in [0.1, 0.15) is 12.4 Å². The quantitative estimate of drug-likeness (QED) is 0.519. The van der Waals surface area contributed by atoms with Crippen LogP contribution < -0.4 is 15.0 Å². The highest BCUT2D eigenvalue weighted by molar-refractivity contribution is 7.89. The van der Waals surface area contributed by atoms with Gasteiger partial charge in [-0.15, -0.1) is 0 Å². The fourth-order valence-corrected chi connectivity index (χ4v) is 5.48. The van der Waals surface area contributed by atoms with Gasteiger partial charge in [0, 0.05) is 30.9 Å². The summed E-state index contributed by atoms with van der Waals surface area (Å²) in [4.78, 5) is 28.1. The molecule has 36 heavy (non-hydrogen) atoms. The van der Waals surface area contributed by atoms with Gasteiger partial charge in [0.2, 0.25) is 15.9 Å². The van der Waals surface area contributed by atoms with Crippen molar-refractivity contribution >= 4 is 33.2 Å². The third kappa shape index (κ3) is 5.90. The minimum Gasteiger partial charge on any atom is -0.490 e. The largest absolute Gasteiger partial charge is 0.490 e. The van der Waals surface area contributed by atoms with E-state index < -0.39 is 15.4 Å². The van der Waals surface area contributed by atoms with Crippen LogP contribution in [-0.2, 0) is 14.8 Å². The number of nitrogens with one attached hydrogen (secondary N) is 1. The molecule has 196 valence electrons. The molecule has 0 bridgehead atoms. The Morgan fingerprint density at radius 2 is 1.75 bits per heavy atom. The number of benzene rings is 2. The molecule has 1 aliphatic heterocycles. The lowest BCUT2D eigenvalue weighted by molar-refractivity contribution is -0.127. The van der Waals surface area contributed by atoms with Crippen molar-refractivity contribution in [1.29, 1.82) is 0 Å². The zero-order valence-electron chi connectivity index (χ0n) is 22.0. The number of ether oxygens (including phenoxy) is 1. The summed E-state index contributed by atoms with van der Waals surface area (Å²) in [6, 6.07) is 11.1. The van der Waals surface area contributed by atoms with Crippen LogP contribution in [0, 0.1) is 11.3 Å². The number of amides is 2. The van der Waals surface area contributed by atoms with Gasteiger partial charge < -0.3 is 15.0 Å². The molecule has 0 unspecified atom stereocenters. The summed E-state index contributed by atoms with van der Waals surface area (Å²) in [6.45, 7) is 13.1. The molecule has 1 heterocycles. The second-order valence-electron chi connectivity index (χ2n) is 10.1. The molecular weight excluding hydrogens is 478 g/mol. The number of hydrogen-bond acceptors (Lipinski definition) is 5. The van der Waals surface area contributed by atoms with Gasteiger partial charge in [0.25, 0.3) is 5.91 Å². The van der Waals surface area contributed by atoms with Crippen LogP contribution in [0.2, 0.25) is 0 Å². The average Bonchev–Trinajstić information content (AvgIpc) is 2.92. The lowest BCUT2D eigenvalue weighted by Gasteiger charge is -2.28. The first-order chi connectivity index (χ1) is 16.9. The fourth-order valence-electron chi connectivity index (χ4n) is 4.03. The van der Waals surface area contributed by atoms with Crippen molar-refractivity contribution in [3.63, 3.8) is 0 Å². The molecule has 9 heteroatoms. The van der Waals surface area contributed by atoms with Crippen molar-refractivity contribution < 1.29 is 22.7 Å². The molecule has 2 aromatic rings. The molecule has 3 rings (SSSR count). The molecule has 0 aromatic heterocycles. The number of hydrogen-bond donors (Lipinski definition) is 1. The first-order valence-corrected chi connectivity index (χ1v) is 13.8. The van der Waals surface area contributed by atoms with Crippen molar-refractivity contribution in [2.45, 2.75) is 52.9 Å². The Balaban J connectivity index is 1.85. The predicted molar refractivity (Wildman–Crippen MR) is 142 cm³/mol. The van der Waals surface area contributed by atoms with Crippen LogP contribution >= 0.6 is 0 Å². The van der Waals surface area contributed by atoms with Crippen LogP contribution in [0.5, 0.6) is 5.75 Å². The Morgan fingerprint density at radius 3 is 2.33 bits per heavy atom. The molecule has 1 aliphatic rings. The molecular formula is C27H37N3O5S. The fraction of sp³-hybridized carbons (Fsp3) is 0.481. The van der Waals surface area contributed by atoms with Gasteiger partial charge in [0.05, 0.1) is 16.0 Å². The molecule has 0 spiro atoms. The summed E-state index contributed by atoms with van der Waals surface area (Å²) in [5.41, 5.74) is 0.801. The normalized spacial score (nSPS) is 15.4. The summed E-state index contributed by atoms with van der Waals surface area (Å²) < 4.78 is 32.8. The monoisotopic (exact) mass is 515 g/mol. The number of carbonyl (C=O) groups excluding carboxylic acids is 2. The van der Waals surface area contributed by atoms with E-state index in [2.05, 4.69) is 19.2 Å². The minimum atomic E-state index is -3.60. The van der Waals surface area contributed by atoms with Gasteiger partial charge in [-0.05, 0) is 68.7 Å². The summed E-state index contributed by atoms with van der Waals surface area (Å²) in [6.07, 6.45) is 0.834. The molecule has 8 nitrogen and oxygen atoms in total. The van der Waals surface area contributed by atoms with Gasteiger partial charge in [0.15, 0.2) is 0 Å². The van der Waals surface area contributed by atoms with Crippen molar-refractivity contribution in [2.75, 3.05) is 36.5 Å². The van der Waals surface area contributed by atoms with E-state index in [1.165, 1.54) is 28.6 Å². The first kappa shape index (κ1) is 27.7. The Bertz CT molecular complexity index is 1200. The molecule has 0 aliphatic carbocycles. The number of nitrogens with zero attached hydrogens (tertiary/aromatic N) is 2. The van der Waals surface area contributed by atoms with Gasteiger partial charge in [-0.2, -0.15) is 4.31 Å². The highest BCUT2D eigenvalue weighted by Gasteiger charge is 2.37. The second kappa shape index (κ2) is 11.0. The highest BCUT2D eigenvalue weighted by Crippen LogP contribution is 2.38. The molecule has 2 amide bonds.